The summed E-state index contributed by atoms with van der Waals surface area (Å²) in [6.07, 6.45) is 3.09. The van der Waals surface area contributed by atoms with Crippen LogP contribution in [-0.4, -0.2) is 27.1 Å². The van der Waals surface area contributed by atoms with Crippen LogP contribution >= 0.6 is 0 Å². The van der Waals surface area contributed by atoms with Crippen molar-refractivity contribution in [1.82, 2.24) is 5.32 Å². The number of benzene rings is 2. The van der Waals surface area contributed by atoms with Crippen LogP contribution in [0, 0.1) is 0 Å². The molecule has 6 heteroatoms. The monoisotopic (exact) mass is 358 g/mol. The molecule has 1 atom stereocenters. The number of anilines is 1. The zero-order valence-corrected chi connectivity index (χ0v) is 15.2. The van der Waals surface area contributed by atoms with Gasteiger partial charge in [-0.05, 0) is 55.2 Å². The van der Waals surface area contributed by atoms with Gasteiger partial charge in [0.05, 0.1) is 10.9 Å². The third kappa shape index (κ3) is 3.85. The number of hydrogen-bond donors (Lipinski definition) is 2. The SMILES string of the molecule is CC(NC(=O)c1cccc2c1CCCN2)c1ccc(S(C)(=O)=O)cc1. The van der Waals surface area contributed by atoms with Crippen molar-refractivity contribution in [1.29, 1.82) is 0 Å². The fourth-order valence-electron chi connectivity index (χ4n) is 3.08. The highest BCUT2D eigenvalue weighted by atomic mass is 32.2. The molecule has 0 saturated heterocycles. The van der Waals surface area contributed by atoms with Gasteiger partial charge in [0.25, 0.3) is 5.91 Å². The van der Waals surface area contributed by atoms with Crippen molar-refractivity contribution >= 4 is 21.4 Å². The van der Waals surface area contributed by atoms with Crippen molar-refractivity contribution in [2.45, 2.75) is 30.7 Å². The van der Waals surface area contributed by atoms with Crippen LogP contribution in [0.3, 0.4) is 0 Å². The molecule has 25 heavy (non-hydrogen) atoms. The van der Waals surface area contributed by atoms with Gasteiger partial charge in [-0.3, -0.25) is 4.79 Å². The molecular formula is C19H22N2O3S. The topological polar surface area (TPSA) is 75.3 Å². The Hall–Kier alpha value is -2.34. The van der Waals surface area contributed by atoms with Gasteiger partial charge in [-0.1, -0.05) is 18.2 Å². The summed E-state index contributed by atoms with van der Waals surface area (Å²) < 4.78 is 23.1. The molecule has 1 unspecified atom stereocenters. The summed E-state index contributed by atoms with van der Waals surface area (Å²) in [6, 6.07) is 12.1. The van der Waals surface area contributed by atoms with Gasteiger partial charge >= 0.3 is 0 Å². The average molecular weight is 358 g/mol. The lowest BCUT2D eigenvalue weighted by Gasteiger charge is -2.22. The van der Waals surface area contributed by atoms with Gasteiger partial charge in [-0.25, -0.2) is 8.42 Å². The first-order valence-electron chi connectivity index (χ1n) is 8.33. The molecule has 0 radical (unpaired) electrons. The van der Waals surface area contributed by atoms with Crippen LogP contribution in [0.4, 0.5) is 5.69 Å². The molecule has 5 nitrogen and oxygen atoms in total. The van der Waals surface area contributed by atoms with Gasteiger partial charge in [0.1, 0.15) is 0 Å². The Morgan fingerprint density at radius 2 is 1.88 bits per heavy atom. The predicted molar refractivity (Wildman–Crippen MR) is 98.7 cm³/mol. The molecule has 1 aliphatic rings. The molecule has 132 valence electrons. The Bertz CT molecular complexity index is 889. The number of fused-ring (bicyclic) bond motifs is 1. The lowest BCUT2D eigenvalue weighted by atomic mass is 9.96. The number of hydrogen-bond acceptors (Lipinski definition) is 4. The van der Waals surface area contributed by atoms with E-state index in [0.29, 0.717) is 5.56 Å². The largest absolute Gasteiger partial charge is 0.385 e. The molecule has 2 aromatic carbocycles. The lowest BCUT2D eigenvalue weighted by molar-refractivity contribution is 0.0939. The molecule has 0 bridgehead atoms. The first-order valence-corrected chi connectivity index (χ1v) is 10.2. The highest BCUT2D eigenvalue weighted by Crippen LogP contribution is 2.26. The summed E-state index contributed by atoms with van der Waals surface area (Å²) >= 11 is 0. The van der Waals surface area contributed by atoms with Gasteiger partial charge in [0, 0.05) is 24.1 Å². The number of sulfone groups is 1. The fourth-order valence-corrected chi connectivity index (χ4v) is 3.71. The standard InChI is InChI=1S/C19H22N2O3S/c1-13(14-8-10-15(11-9-14)25(2,23)24)21-19(22)17-5-3-7-18-16(17)6-4-12-20-18/h3,5,7-11,13,20H,4,6,12H2,1-2H3,(H,21,22). The number of amides is 1. The zero-order chi connectivity index (χ0) is 18.0. The second kappa shape index (κ2) is 6.88. The fraction of sp³-hybridized carbons (Fsp3) is 0.316. The molecule has 1 amide bonds. The van der Waals surface area contributed by atoms with Crippen molar-refractivity contribution < 1.29 is 13.2 Å². The van der Waals surface area contributed by atoms with Gasteiger partial charge in [0.15, 0.2) is 9.84 Å². The minimum atomic E-state index is -3.22. The maximum absolute atomic E-state index is 12.7. The third-order valence-electron chi connectivity index (χ3n) is 4.50. The Morgan fingerprint density at radius 3 is 2.56 bits per heavy atom. The van der Waals surface area contributed by atoms with E-state index in [1.54, 1.807) is 24.3 Å². The molecule has 2 aromatic rings. The van der Waals surface area contributed by atoms with Gasteiger partial charge < -0.3 is 10.6 Å². The first kappa shape index (κ1) is 17.5. The van der Waals surface area contributed by atoms with E-state index in [1.165, 1.54) is 6.26 Å². The van der Waals surface area contributed by atoms with E-state index in [-0.39, 0.29) is 16.8 Å². The minimum Gasteiger partial charge on any atom is -0.385 e. The molecule has 1 aliphatic heterocycles. The average Bonchev–Trinajstić information content (AvgIpc) is 2.60. The summed E-state index contributed by atoms with van der Waals surface area (Å²) in [5.74, 6) is -0.111. The van der Waals surface area contributed by atoms with Crippen molar-refractivity contribution in [3.63, 3.8) is 0 Å². The number of rotatable bonds is 4. The van der Waals surface area contributed by atoms with E-state index in [0.717, 1.165) is 36.2 Å². The number of carbonyl (C=O) groups is 1. The van der Waals surface area contributed by atoms with Crippen LogP contribution in [0.15, 0.2) is 47.4 Å². The van der Waals surface area contributed by atoms with Gasteiger partial charge in [-0.15, -0.1) is 0 Å². The van der Waals surface area contributed by atoms with Crippen LogP contribution in [-0.2, 0) is 16.3 Å². The van der Waals surface area contributed by atoms with Gasteiger partial charge in [0.2, 0.25) is 0 Å². The van der Waals surface area contributed by atoms with E-state index in [4.69, 9.17) is 0 Å². The predicted octanol–water partition coefficient (Wildman–Crippen LogP) is 2.94. The highest BCUT2D eigenvalue weighted by molar-refractivity contribution is 7.90. The molecule has 0 saturated carbocycles. The third-order valence-corrected chi connectivity index (χ3v) is 5.62. The second-order valence-electron chi connectivity index (χ2n) is 6.40. The molecule has 0 spiro atoms. The zero-order valence-electron chi connectivity index (χ0n) is 14.4. The second-order valence-corrected chi connectivity index (χ2v) is 8.41. The highest BCUT2D eigenvalue weighted by Gasteiger charge is 2.19. The van der Waals surface area contributed by atoms with Crippen molar-refractivity contribution in [2.24, 2.45) is 0 Å². The number of carbonyl (C=O) groups excluding carboxylic acids is 1. The smallest absolute Gasteiger partial charge is 0.252 e. The molecule has 0 aliphatic carbocycles. The summed E-state index contributed by atoms with van der Waals surface area (Å²) in [5, 5.41) is 6.33. The van der Waals surface area contributed by atoms with Gasteiger partial charge in [-0.2, -0.15) is 0 Å². The Balaban J connectivity index is 1.77. The van der Waals surface area contributed by atoms with Crippen LogP contribution in [0.1, 0.15) is 40.9 Å². The maximum Gasteiger partial charge on any atom is 0.252 e. The van der Waals surface area contributed by atoms with E-state index in [2.05, 4.69) is 10.6 Å². The maximum atomic E-state index is 12.7. The summed E-state index contributed by atoms with van der Waals surface area (Å²) in [7, 11) is -3.22. The Morgan fingerprint density at radius 1 is 1.16 bits per heavy atom. The lowest BCUT2D eigenvalue weighted by Crippen LogP contribution is -2.28. The first-order chi connectivity index (χ1) is 11.9. The molecule has 0 aromatic heterocycles. The van der Waals surface area contributed by atoms with Crippen LogP contribution in [0.2, 0.25) is 0 Å². The minimum absolute atomic E-state index is 0.111. The van der Waals surface area contributed by atoms with E-state index < -0.39 is 9.84 Å². The number of nitrogens with one attached hydrogen (secondary N) is 2. The quantitative estimate of drug-likeness (QED) is 0.881. The van der Waals surface area contributed by atoms with Crippen molar-refractivity contribution in [2.75, 3.05) is 18.1 Å². The molecule has 2 N–H and O–H groups in total. The Labute approximate surface area is 148 Å². The molecule has 0 fully saturated rings. The van der Waals surface area contributed by atoms with Crippen molar-refractivity contribution in [3.8, 4) is 0 Å². The molecule has 3 rings (SSSR count). The van der Waals surface area contributed by atoms with E-state index in [1.807, 2.05) is 25.1 Å². The van der Waals surface area contributed by atoms with E-state index >= 15 is 0 Å². The van der Waals surface area contributed by atoms with Crippen LogP contribution < -0.4 is 10.6 Å². The van der Waals surface area contributed by atoms with Crippen molar-refractivity contribution in [3.05, 3.63) is 59.2 Å². The summed E-state index contributed by atoms with van der Waals surface area (Å²) in [6.45, 7) is 2.82. The summed E-state index contributed by atoms with van der Waals surface area (Å²) in [4.78, 5) is 13.0. The molecular weight excluding hydrogens is 336 g/mol. The van der Waals surface area contributed by atoms with Crippen LogP contribution in [0.25, 0.3) is 0 Å². The summed E-state index contributed by atoms with van der Waals surface area (Å²) in [5.41, 5.74) is 3.66. The normalized spacial score (nSPS) is 15.0. The Kier molecular flexibility index (Phi) is 4.81. The van der Waals surface area contributed by atoms with E-state index in [9.17, 15) is 13.2 Å². The van der Waals surface area contributed by atoms with Crippen LogP contribution in [0.5, 0.6) is 0 Å². The molecule has 1 heterocycles.